The minimum Gasteiger partial charge on any atom is -0.382 e. The van der Waals surface area contributed by atoms with Crippen LogP contribution in [0.5, 0.6) is 0 Å². The fraction of sp³-hybridized carbons (Fsp3) is 0.615. The van der Waals surface area contributed by atoms with Crippen molar-refractivity contribution in [1.82, 2.24) is 19.5 Å². The van der Waals surface area contributed by atoms with Gasteiger partial charge < -0.3 is 24.6 Å². The number of nitrogen functional groups attached to an aromatic ring is 1. The molecule has 25 heavy (non-hydrogen) atoms. The van der Waals surface area contributed by atoms with Crippen LogP contribution in [0, 0.1) is 0 Å². The van der Waals surface area contributed by atoms with Crippen LogP contribution in [-0.2, 0) is 30.3 Å². The van der Waals surface area contributed by atoms with E-state index < -0.39 is 30.8 Å². The molecule has 2 aliphatic rings. The molecule has 4 rings (SSSR count). The number of hydrogen-bond donors (Lipinski definition) is 2. The Bertz CT molecular complexity index is 864. The third-order valence-corrected chi connectivity index (χ3v) is 6.37. The van der Waals surface area contributed by atoms with Gasteiger partial charge in [-0.05, 0) is 18.2 Å². The van der Waals surface area contributed by atoms with Crippen molar-refractivity contribution in [3.05, 3.63) is 12.7 Å². The van der Waals surface area contributed by atoms with Gasteiger partial charge >= 0.3 is 6.72 Å². The first-order valence-electron chi connectivity index (χ1n) is 7.70. The fourth-order valence-corrected chi connectivity index (χ4v) is 4.31. The number of aromatic nitrogens is 4. The van der Waals surface area contributed by atoms with Gasteiger partial charge in [-0.1, -0.05) is 6.92 Å². The lowest BCUT2D eigenvalue weighted by Crippen LogP contribution is -2.40. The summed E-state index contributed by atoms with van der Waals surface area (Å²) >= 11 is 5.00. The molecule has 0 radical (unpaired) electrons. The lowest BCUT2D eigenvalue weighted by atomic mass is 9.96. The van der Waals surface area contributed by atoms with Gasteiger partial charge in [-0.25, -0.2) is 15.0 Å². The normalized spacial score (nSPS) is 33.8. The van der Waals surface area contributed by atoms with E-state index in [1.165, 1.54) is 13.4 Å². The SMILES string of the molecule is CCC12CO[C@@H](C1OP(O)(=S)OC)[C@H](n1cnc3c(N)ncnc31)O2. The van der Waals surface area contributed by atoms with Gasteiger partial charge in [-0.3, -0.25) is 9.09 Å². The van der Waals surface area contributed by atoms with Crippen molar-refractivity contribution in [3.8, 4) is 0 Å². The number of anilines is 1. The maximum absolute atomic E-state index is 10.1. The molecule has 2 bridgehead atoms. The summed E-state index contributed by atoms with van der Waals surface area (Å²) in [6.07, 6.45) is 1.98. The molecule has 12 heteroatoms. The molecule has 0 spiro atoms. The molecule has 3 N–H and O–H groups in total. The molecule has 3 unspecified atom stereocenters. The lowest BCUT2D eigenvalue weighted by Gasteiger charge is -2.31. The van der Waals surface area contributed by atoms with Crippen LogP contribution in [0.2, 0.25) is 0 Å². The van der Waals surface area contributed by atoms with E-state index in [1.54, 1.807) is 10.9 Å². The zero-order valence-corrected chi connectivity index (χ0v) is 15.3. The molecule has 2 saturated heterocycles. The maximum atomic E-state index is 10.1. The van der Waals surface area contributed by atoms with Crippen molar-refractivity contribution in [2.75, 3.05) is 19.5 Å². The highest BCUT2D eigenvalue weighted by molar-refractivity contribution is 8.07. The molecule has 0 aliphatic carbocycles. The highest BCUT2D eigenvalue weighted by Gasteiger charge is 2.63. The summed E-state index contributed by atoms with van der Waals surface area (Å²) in [6.45, 7) is -1.06. The Hall–Kier alpha value is -1.20. The third-order valence-electron chi connectivity index (χ3n) is 4.71. The second-order valence-corrected chi connectivity index (χ2v) is 8.86. The topological polar surface area (TPSA) is 127 Å². The van der Waals surface area contributed by atoms with Crippen LogP contribution >= 0.6 is 6.72 Å². The first kappa shape index (κ1) is 17.2. The highest BCUT2D eigenvalue weighted by Crippen LogP contribution is 2.55. The van der Waals surface area contributed by atoms with E-state index in [4.69, 9.17) is 36.1 Å². The van der Waals surface area contributed by atoms with Crippen LogP contribution in [-0.4, -0.2) is 55.9 Å². The van der Waals surface area contributed by atoms with Gasteiger partial charge in [-0.15, -0.1) is 0 Å². The van der Waals surface area contributed by atoms with E-state index in [-0.39, 0.29) is 5.82 Å². The number of nitrogens with two attached hydrogens (primary N) is 1. The van der Waals surface area contributed by atoms with Gasteiger partial charge in [0.25, 0.3) is 0 Å². The standard InChI is InChI=1S/C13H18N5O5PS/c1-3-13-4-21-8(9(13)23-24(19,25)20-2)12(22-13)18-6-17-7-10(14)15-5-16-11(7)18/h5-6,8-9,12H,3-4H2,1-2H3,(H,19,25)(H2,14,15,16)/t8-,9?,12+,13?,24?/m0/s1. The quantitative estimate of drug-likeness (QED) is 0.709. The molecular formula is C13H18N5O5PS. The highest BCUT2D eigenvalue weighted by atomic mass is 32.5. The molecule has 2 fully saturated rings. The molecule has 0 aromatic carbocycles. The van der Waals surface area contributed by atoms with E-state index in [9.17, 15) is 4.89 Å². The minimum atomic E-state index is -3.37. The van der Waals surface area contributed by atoms with Crippen LogP contribution in [0.25, 0.3) is 11.2 Å². The fourth-order valence-electron chi connectivity index (χ4n) is 3.35. The minimum absolute atomic E-state index is 0.288. The second-order valence-electron chi connectivity index (χ2n) is 5.96. The summed E-state index contributed by atoms with van der Waals surface area (Å²) in [5.41, 5.74) is 6.14. The van der Waals surface area contributed by atoms with Crippen LogP contribution < -0.4 is 5.73 Å². The van der Waals surface area contributed by atoms with Crippen LogP contribution in [0.1, 0.15) is 19.6 Å². The number of imidazole rings is 1. The molecule has 2 aromatic heterocycles. The predicted octanol–water partition coefficient (Wildman–Crippen LogP) is 0.733. The van der Waals surface area contributed by atoms with Gasteiger partial charge in [0.1, 0.15) is 29.7 Å². The van der Waals surface area contributed by atoms with Gasteiger partial charge in [-0.2, -0.15) is 0 Å². The van der Waals surface area contributed by atoms with E-state index in [1.807, 2.05) is 6.92 Å². The van der Waals surface area contributed by atoms with E-state index in [2.05, 4.69) is 15.0 Å². The van der Waals surface area contributed by atoms with E-state index in [0.717, 1.165) is 0 Å². The number of ether oxygens (including phenoxy) is 2. The van der Waals surface area contributed by atoms with Crippen molar-refractivity contribution >= 4 is 35.5 Å². The Morgan fingerprint density at radius 3 is 3.04 bits per heavy atom. The van der Waals surface area contributed by atoms with Crippen molar-refractivity contribution in [1.29, 1.82) is 0 Å². The van der Waals surface area contributed by atoms with E-state index >= 15 is 0 Å². The largest absolute Gasteiger partial charge is 0.382 e. The third kappa shape index (κ3) is 2.58. The first-order chi connectivity index (χ1) is 11.9. The molecule has 5 atom stereocenters. The summed E-state index contributed by atoms with van der Waals surface area (Å²) in [4.78, 5) is 22.5. The van der Waals surface area contributed by atoms with Crippen LogP contribution in [0.4, 0.5) is 5.82 Å². The zero-order valence-electron chi connectivity index (χ0n) is 13.6. The molecule has 2 aromatic rings. The average molecular weight is 387 g/mol. The van der Waals surface area contributed by atoms with Gasteiger partial charge in [0.2, 0.25) is 0 Å². The zero-order chi connectivity index (χ0) is 17.8. The summed E-state index contributed by atoms with van der Waals surface area (Å²) in [6, 6.07) is 0. The maximum Gasteiger partial charge on any atom is 0.324 e. The first-order valence-corrected chi connectivity index (χ1v) is 10.3. The Morgan fingerprint density at radius 1 is 1.52 bits per heavy atom. The van der Waals surface area contributed by atoms with Gasteiger partial charge in [0.15, 0.2) is 17.7 Å². The van der Waals surface area contributed by atoms with Gasteiger partial charge in [0, 0.05) is 7.11 Å². The molecule has 0 saturated carbocycles. The molecule has 2 aliphatic heterocycles. The predicted molar refractivity (Wildman–Crippen MR) is 91.0 cm³/mol. The van der Waals surface area contributed by atoms with Crippen LogP contribution in [0.15, 0.2) is 12.7 Å². The molecule has 136 valence electrons. The molecule has 0 amide bonds. The Balaban J connectivity index is 1.73. The van der Waals surface area contributed by atoms with Crippen molar-refractivity contribution in [2.24, 2.45) is 0 Å². The average Bonchev–Trinajstić information content (AvgIpc) is 3.26. The summed E-state index contributed by atoms with van der Waals surface area (Å²) < 4.78 is 24.5. The number of fused-ring (bicyclic) bond motifs is 3. The number of hydrogen-bond acceptors (Lipinski definition) is 9. The summed E-state index contributed by atoms with van der Waals surface area (Å²) in [5, 5.41) is 0. The molecule has 4 heterocycles. The van der Waals surface area contributed by atoms with E-state index in [0.29, 0.717) is 24.2 Å². The van der Waals surface area contributed by atoms with Crippen molar-refractivity contribution in [3.63, 3.8) is 0 Å². The monoisotopic (exact) mass is 387 g/mol. The number of nitrogens with zero attached hydrogens (tertiary/aromatic N) is 4. The lowest BCUT2D eigenvalue weighted by molar-refractivity contribution is -0.173. The molecular weight excluding hydrogens is 369 g/mol. The Labute approximate surface area is 148 Å². The van der Waals surface area contributed by atoms with Crippen LogP contribution in [0.3, 0.4) is 0 Å². The van der Waals surface area contributed by atoms with Gasteiger partial charge in [0.05, 0.1) is 12.9 Å². The Morgan fingerprint density at radius 2 is 2.32 bits per heavy atom. The Kier molecular flexibility index (Phi) is 4.08. The van der Waals surface area contributed by atoms with Crippen molar-refractivity contribution < 1.29 is 23.4 Å². The van der Waals surface area contributed by atoms with Crippen molar-refractivity contribution in [2.45, 2.75) is 37.4 Å². The summed E-state index contributed by atoms with van der Waals surface area (Å²) in [5.74, 6) is 0.288. The second kappa shape index (κ2) is 5.92. The summed E-state index contributed by atoms with van der Waals surface area (Å²) in [7, 11) is 1.32. The smallest absolute Gasteiger partial charge is 0.324 e. The molecule has 10 nitrogen and oxygen atoms in total. The number of rotatable bonds is 5.